The molecular weight excluding hydrogens is 421 g/mol. The van der Waals surface area contributed by atoms with E-state index in [1.54, 1.807) is 18.2 Å². The van der Waals surface area contributed by atoms with Crippen molar-refractivity contribution in [3.05, 3.63) is 45.9 Å². The fourth-order valence-electron chi connectivity index (χ4n) is 2.48. The minimum absolute atomic E-state index is 0.155. The lowest BCUT2D eigenvalue weighted by Gasteiger charge is -2.14. The van der Waals surface area contributed by atoms with Crippen molar-refractivity contribution in [1.29, 1.82) is 0 Å². The van der Waals surface area contributed by atoms with Gasteiger partial charge in [0.1, 0.15) is 5.75 Å². The molecule has 0 aliphatic rings. The van der Waals surface area contributed by atoms with Crippen LogP contribution in [0.25, 0.3) is 0 Å². The van der Waals surface area contributed by atoms with Crippen LogP contribution in [-0.4, -0.2) is 39.8 Å². The second-order valence-corrected chi connectivity index (χ2v) is 6.66. The summed E-state index contributed by atoms with van der Waals surface area (Å²) in [6.45, 7) is 0.282. The summed E-state index contributed by atoms with van der Waals surface area (Å²) >= 11 is 11.9. The molecule has 9 heteroatoms. The smallest absolute Gasteiger partial charge is 0.340 e. The highest BCUT2D eigenvalue weighted by Gasteiger charge is 2.19. The molecule has 2 rings (SSSR count). The minimum atomic E-state index is -0.609. The van der Waals surface area contributed by atoms with Gasteiger partial charge in [-0.15, -0.1) is 0 Å². The zero-order chi connectivity index (χ0) is 21.4. The van der Waals surface area contributed by atoms with Crippen molar-refractivity contribution in [2.24, 2.45) is 0 Å². The van der Waals surface area contributed by atoms with Crippen LogP contribution in [-0.2, 0) is 9.53 Å². The van der Waals surface area contributed by atoms with Crippen molar-refractivity contribution < 1.29 is 28.5 Å². The molecule has 0 aliphatic carbocycles. The third-order valence-corrected chi connectivity index (χ3v) is 4.43. The molecule has 1 N–H and O–H groups in total. The molecule has 0 aromatic heterocycles. The average molecular weight is 442 g/mol. The number of carbonyl (C=O) groups is 2. The highest BCUT2D eigenvalue weighted by Crippen LogP contribution is 2.34. The highest BCUT2D eigenvalue weighted by molar-refractivity contribution is 6.35. The van der Waals surface area contributed by atoms with Gasteiger partial charge in [0, 0.05) is 23.6 Å². The number of amides is 1. The number of esters is 1. The van der Waals surface area contributed by atoms with Gasteiger partial charge in [0.2, 0.25) is 5.91 Å². The number of benzene rings is 2. The van der Waals surface area contributed by atoms with Crippen molar-refractivity contribution in [3.63, 3.8) is 0 Å². The first-order valence-electron chi connectivity index (χ1n) is 8.61. The Morgan fingerprint density at radius 1 is 0.966 bits per heavy atom. The van der Waals surface area contributed by atoms with E-state index in [9.17, 15) is 9.59 Å². The molecule has 0 atom stereocenters. The average Bonchev–Trinajstić information content (AvgIpc) is 2.71. The van der Waals surface area contributed by atoms with Crippen molar-refractivity contribution >= 4 is 40.8 Å². The molecule has 29 heavy (non-hydrogen) atoms. The number of rotatable bonds is 9. The van der Waals surface area contributed by atoms with Gasteiger partial charge >= 0.3 is 5.97 Å². The molecule has 2 aromatic rings. The van der Waals surface area contributed by atoms with E-state index < -0.39 is 5.97 Å². The van der Waals surface area contributed by atoms with Crippen LogP contribution in [0.5, 0.6) is 17.2 Å². The molecule has 0 aliphatic heterocycles. The van der Waals surface area contributed by atoms with Crippen molar-refractivity contribution in [2.45, 2.75) is 12.8 Å². The van der Waals surface area contributed by atoms with Gasteiger partial charge in [-0.25, -0.2) is 4.79 Å². The summed E-state index contributed by atoms with van der Waals surface area (Å²) in [5, 5.41) is 3.61. The van der Waals surface area contributed by atoms with Crippen LogP contribution in [0.15, 0.2) is 30.3 Å². The fraction of sp³-hybridized carbons (Fsp3) is 0.300. The zero-order valence-electron chi connectivity index (χ0n) is 16.2. The van der Waals surface area contributed by atoms with Gasteiger partial charge in [-0.3, -0.25) is 4.79 Å². The summed E-state index contributed by atoms with van der Waals surface area (Å²) in [4.78, 5) is 24.4. The molecule has 7 nitrogen and oxygen atoms in total. The maximum absolute atomic E-state index is 12.3. The van der Waals surface area contributed by atoms with E-state index in [0.717, 1.165) is 0 Å². The normalized spacial score (nSPS) is 10.2. The summed E-state index contributed by atoms with van der Waals surface area (Å²) in [7, 11) is 4.16. The first-order valence-corrected chi connectivity index (χ1v) is 9.37. The van der Waals surface area contributed by atoms with Gasteiger partial charge in [-0.2, -0.15) is 0 Å². The molecular formula is C20H21Cl2NO6. The Balaban J connectivity index is 1.99. The van der Waals surface area contributed by atoms with Crippen molar-refractivity contribution in [3.8, 4) is 17.2 Å². The van der Waals surface area contributed by atoms with Gasteiger partial charge in [0.15, 0.2) is 11.5 Å². The molecule has 0 radical (unpaired) electrons. The molecule has 2 aromatic carbocycles. The van der Waals surface area contributed by atoms with Crippen LogP contribution in [0, 0.1) is 0 Å². The molecule has 0 unspecified atom stereocenters. The molecule has 0 fully saturated rings. The first kappa shape index (κ1) is 22.6. The summed E-state index contributed by atoms with van der Waals surface area (Å²) in [5.41, 5.74) is 0.420. The number of anilines is 1. The van der Waals surface area contributed by atoms with Crippen molar-refractivity contribution in [2.75, 3.05) is 33.3 Å². The standard InChI is InChI=1S/C20H21Cl2NO6/c1-26-17-10-13(20(25)28-3)15(11-18(17)27-2)23-19(24)5-4-8-29-16-7-6-12(21)9-14(16)22/h6-7,9-11H,4-5,8H2,1-3H3,(H,23,24). The molecule has 0 heterocycles. The molecule has 156 valence electrons. The molecule has 1 amide bonds. The van der Waals surface area contributed by atoms with Crippen LogP contribution in [0.4, 0.5) is 5.69 Å². The van der Waals surface area contributed by atoms with Gasteiger partial charge in [0.25, 0.3) is 0 Å². The van der Waals surface area contributed by atoms with Crippen LogP contribution >= 0.6 is 23.2 Å². The Labute approximate surface area is 178 Å². The number of halogens is 2. The summed E-state index contributed by atoms with van der Waals surface area (Å²) in [6.07, 6.45) is 0.603. The monoisotopic (exact) mass is 441 g/mol. The largest absolute Gasteiger partial charge is 0.493 e. The van der Waals surface area contributed by atoms with Crippen LogP contribution < -0.4 is 19.5 Å². The van der Waals surface area contributed by atoms with Gasteiger partial charge < -0.3 is 24.3 Å². The number of ether oxygens (including phenoxy) is 4. The lowest BCUT2D eigenvalue weighted by Crippen LogP contribution is -2.16. The van der Waals surface area contributed by atoms with E-state index in [1.807, 2.05) is 0 Å². The Morgan fingerprint density at radius 3 is 2.28 bits per heavy atom. The topological polar surface area (TPSA) is 83.1 Å². The van der Waals surface area contributed by atoms with E-state index in [1.165, 1.54) is 33.5 Å². The summed E-state index contributed by atoms with van der Waals surface area (Å²) < 4.78 is 20.7. The number of methoxy groups -OCH3 is 3. The van der Waals surface area contributed by atoms with E-state index in [-0.39, 0.29) is 30.2 Å². The molecule has 0 saturated heterocycles. The van der Waals surface area contributed by atoms with Crippen LogP contribution in [0.1, 0.15) is 23.2 Å². The number of hydrogen-bond donors (Lipinski definition) is 1. The molecule has 0 spiro atoms. The lowest BCUT2D eigenvalue weighted by atomic mass is 10.1. The first-order chi connectivity index (χ1) is 13.9. The van der Waals surface area contributed by atoms with Crippen LogP contribution in [0.3, 0.4) is 0 Å². The van der Waals surface area contributed by atoms with E-state index in [2.05, 4.69) is 5.32 Å². The third-order valence-electron chi connectivity index (χ3n) is 3.90. The fourth-order valence-corrected chi connectivity index (χ4v) is 2.94. The SMILES string of the molecule is COC(=O)c1cc(OC)c(OC)cc1NC(=O)CCCOc1ccc(Cl)cc1Cl. The van der Waals surface area contributed by atoms with Crippen molar-refractivity contribution in [1.82, 2.24) is 0 Å². The van der Waals surface area contributed by atoms with Gasteiger partial charge in [-0.05, 0) is 24.6 Å². The quantitative estimate of drug-likeness (QED) is 0.452. The zero-order valence-corrected chi connectivity index (χ0v) is 17.7. The Bertz CT molecular complexity index is 888. The number of nitrogens with one attached hydrogen (secondary N) is 1. The van der Waals surface area contributed by atoms with E-state index in [4.69, 9.17) is 42.1 Å². The predicted octanol–water partition coefficient (Wildman–Crippen LogP) is 4.59. The number of carbonyl (C=O) groups excluding carboxylic acids is 2. The Hall–Kier alpha value is -2.64. The van der Waals surface area contributed by atoms with Gasteiger partial charge in [0.05, 0.1) is 44.2 Å². The third kappa shape index (κ3) is 6.17. The molecule has 0 bridgehead atoms. The Morgan fingerprint density at radius 2 is 1.66 bits per heavy atom. The van der Waals surface area contributed by atoms with Crippen LogP contribution in [0.2, 0.25) is 10.0 Å². The van der Waals surface area contributed by atoms with Gasteiger partial charge in [-0.1, -0.05) is 23.2 Å². The highest BCUT2D eigenvalue weighted by atomic mass is 35.5. The lowest BCUT2D eigenvalue weighted by molar-refractivity contribution is -0.116. The summed E-state index contributed by atoms with van der Waals surface area (Å²) in [5.74, 6) is 0.301. The van der Waals surface area contributed by atoms with E-state index >= 15 is 0 Å². The van der Waals surface area contributed by atoms with E-state index in [0.29, 0.717) is 33.7 Å². The Kier molecular flexibility index (Phi) is 8.42. The predicted molar refractivity (Wildman–Crippen MR) is 111 cm³/mol. The second-order valence-electron chi connectivity index (χ2n) is 5.82. The maximum atomic E-state index is 12.3. The second kappa shape index (κ2) is 10.8. The minimum Gasteiger partial charge on any atom is -0.493 e. The number of hydrogen-bond acceptors (Lipinski definition) is 6. The molecule has 0 saturated carbocycles. The maximum Gasteiger partial charge on any atom is 0.340 e. The summed E-state index contributed by atoms with van der Waals surface area (Å²) in [6, 6.07) is 7.87.